The number of likely N-dealkylation sites (N-methyl/N-ethyl adjacent to an activating group) is 1. The largest absolute Gasteiger partial charge is 0.367 e. The van der Waals surface area contributed by atoms with E-state index in [1.165, 1.54) is 13.0 Å². The first-order valence-electron chi connectivity index (χ1n) is 4.16. The summed E-state index contributed by atoms with van der Waals surface area (Å²) in [5, 5.41) is 6.68. The number of hydrogen-bond acceptors (Lipinski definition) is 3. The zero-order valence-corrected chi connectivity index (χ0v) is 6.93. The van der Waals surface area contributed by atoms with Gasteiger partial charge in [0.05, 0.1) is 17.9 Å². The highest BCUT2D eigenvalue weighted by atomic mass is 15.3. The fourth-order valence-electron chi connectivity index (χ4n) is 1.92. The summed E-state index contributed by atoms with van der Waals surface area (Å²) in [5.41, 5.74) is 0. The lowest BCUT2D eigenvalue weighted by molar-refractivity contribution is 0.224. The van der Waals surface area contributed by atoms with Gasteiger partial charge in [0.25, 0.3) is 0 Å². The second kappa shape index (κ2) is 2.41. The van der Waals surface area contributed by atoms with E-state index in [2.05, 4.69) is 29.2 Å². The van der Waals surface area contributed by atoms with Gasteiger partial charge in [-0.25, -0.2) is 0 Å². The molecule has 0 spiro atoms. The van der Waals surface area contributed by atoms with Gasteiger partial charge in [-0.05, 0) is 20.0 Å². The molecule has 0 aromatic heterocycles. The third-order valence-corrected chi connectivity index (χ3v) is 2.54. The Morgan fingerprint density at radius 1 is 1.45 bits per heavy atom. The molecule has 2 unspecified atom stereocenters. The summed E-state index contributed by atoms with van der Waals surface area (Å²) in [4.78, 5) is 2.36. The van der Waals surface area contributed by atoms with Crippen molar-refractivity contribution in [1.29, 1.82) is 0 Å². The van der Waals surface area contributed by atoms with Crippen molar-refractivity contribution >= 4 is 0 Å². The van der Waals surface area contributed by atoms with Crippen molar-refractivity contribution in [2.45, 2.75) is 18.5 Å². The molecule has 0 radical (unpaired) electrons. The van der Waals surface area contributed by atoms with Gasteiger partial charge < -0.3 is 15.5 Å². The van der Waals surface area contributed by atoms with E-state index in [4.69, 9.17) is 0 Å². The SMILES string of the molecule is C=C1NC2CCN(C)CC2N1. The molecule has 0 aliphatic carbocycles. The highest BCUT2D eigenvalue weighted by molar-refractivity contribution is 5.08. The lowest BCUT2D eigenvalue weighted by Gasteiger charge is -2.31. The maximum atomic E-state index is 3.86. The van der Waals surface area contributed by atoms with Crippen molar-refractivity contribution in [1.82, 2.24) is 15.5 Å². The van der Waals surface area contributed by atoms with Crippen LogP contribution in [-0.2, 0) is 0 Å². The van der Waals surface area contributed by atoms with Crippen LogP contribution in [0.3, 0.4) is 0 Å². The fraction of sp³-hybridized carbons (Fsp3) is 0.750. The average Bonchev–Trinajstić information content (AvgIpc) is 2.27. The van der Waals surface area contributed by atoms with Gasteiger partial charge in [-0.3, -0.25) is 0 Å². The number of rotatable bonds is 0. The monoisotopic (exact) mass is 153 g/mol. The number of likely N-dealkylation sites (tertiary alicyclic amines) is 1. The van der Waals surface area contributed by atoms with Crippen LogP contribution in [0.5, 0.6) is 0 Å². The van der Waals surface area contributed by atoms with Gasteiger partial charge in [0.15, 0.2) is 0 Å². The molecule has 0 bridgehead atoms. The van der Waals surface area contributed by atoms with Crippen LogP contribution < -0.4 is 10.6 Å². The number of hydrogen-bond donors (Lipinski definition) is 2. The summed E-state index contributed by atoms with van der Waals surface area (Å²) in [7, 11) is 2.17. The number of piperidine rings is 1. The third kappa shape index (κ3) is 1.20. The van der Waals surface area contributed by atoms with E-state index in [0.717, 1.165) is 12.4 Å². The van der Waals surface area contributed by atoms with Crippen LogP contribution in [0.2, 0.25) is 0 Å². The van der Waals surface area contributed by atoms with E-state index in [1.807, 2.05) is 0 Å². The third-order valence-electron chi connectivity index (χ3n) is 2.54. The highest BCUT2D eigenvalue weighted by Crippen LogP contribution is 2.15. The zero-order chi connectivity index (χ0) is 7.84. The molecule has 2 aliphatic rings. The van der Waals surface area contributed by atoms with Gasteiger partial charge >= 0.3 is 0 Å². The molecule has 2 heterocycles. The van der Waals surface area contributed by atoms with Gasteiger partial charge in [-0.1, -0.05) is 6.58 Å². The summed E-state index contributed by atoms with van der Waals surface area (Å²) in [6.07, 6.45) is 1.23. The molecule has 11 heavy (non-hydrogen) atoms. The summed E-state index contributed by atoms with van der Waals surface area (Å²) in [5.74, 6) is 0.996. The van der Waals surface area contributed by atoms with E-state index in [-0.39, 0.29) is 0 Å². The first-order valence-corrected chi connectivity index (χ1v) is 4.16. The standard InChI is InChI=1S/C8H15N3/c1-6-9-7-3-4-11(2)5-8(7)10-6/h7-10H,1,3-5H2,2H3. The zero-order valence-electron chi connectivity index (χ0n) is 6.93. The van der Waals surface area contributed by atoms with Crippen molar-refractivity contribution < 1.29 is 0 Å². The molecular formula is C8H15N3. The molecule has 2 atom stereocenters. The quantitative estimate of drug-likeness (QED) is 0.501. The van der Waals surface area contributed by atoms with E-state index < -0.39 is 0 Å². The smallest absolute Gasteiger partial charge is 0.0918 e. The maximum Gasteiger partial charge on any atom is 0.0918 e. The summed E-state index contributed by atoms with van der Waals surface area (Å²) >= 11 is 0. The van der Waals surface area contributed by atoms with Crippen LogP contribution in [0.25, 0.3) is 0 Å². The van der Waals surface area contributed by atoms with Gasteiger partial charge in [0.1, 0.15) is 0 Å². The van der Waals surface area contributed by atoms with Crippen LogP contribution in [0.15, 0.2) is 12.4 Å². The molecule has 0 aromatic rings. The molecule has 2 N–H and O–H groups in total. The second-order valence-corrected chi connectivity index (χ2v) is 3.53. The van der Waals surface area contributed by atoms with Crippen LogP contribution in [0.4, 0.5) is 0 Å². The Kier molecular flexibility index (Phi) is 1.53. The van der Waals surface area contributed by atoms with E-state index in [1.54, 1.807) is 0 Å². The van der Waals surface area contributed by atoms with Gasteiger partial charge in [-0.2, -0.15) is 0 Å². The first kappa shape index (κ1) is 6.98. The molecule has 62 valence electrons. The van der Waals surface area contributed by atoms with Crippen LogP contribution >= 0.6 is 0 Å². The molecule has 0 aromatic carbocycles. The Hall–Kier alpha value is -0.700. The second-order valence-electron chi connectivity index (χ2n) is 3.53. The number of nitrogens with zero attached hydrogens (tertiary/aromatic N) is 1. The minimum absolute atomic E-state index is 0.584. The van der Waals surface area contributed by atoms with E-state index in [9.17, 15) is 0 Å². The van der Waals surface area contributed by atoms with Gasteiger partial charge in [0, 0.05) is 6.54 Å². The molecule has 3 nitrogen and oxygen atoms in total. The summed E-state index contributed by atoms with van der Waals surface area (Å²) in [6, 6.07) is 1.21. The Balaban J connectivity index is 2.02. The lowest BCUT2D eigenvalue weighted by atomic mass is 10.0. The molecule has 0 amide bonds. The summed E-state index contributed by atoms with van der Waals surface area (Å²) in [6.45, 7) is 6.20. The molecule has 3 heteroatoms. The van der Waals surface area contributed by atoms with Crippen LogP contribution in [-0.4, -0.2) is 37.1 Å². The normalized spacial score (nSPS) is 37.7. The molecule has 2 fully saturated rings. The summed E-state index contributed by atoms with van der Waals surface area (Å²) < 4.78 is 0. The molecule has 2 saturated heterocycles. The van der Waals surface area contributed by atoms with E-state index in [0.29, 0.717) is 12.1 Å². The van der Waals surface area contributed by atoms with Crippen molar-refractivity contribution in [2.75, 3.05) is 20.1 Å². The predicted octanol–water partition coefficient (Wildman–Crippen LogP) is -0.277. The fourth-order valence-corrected chi connectivity index (χ4v) is 1.92. The Morgan fingerprint density at radius 2 is 2.18 bits per heavy atom. The van der Waals surface area contributed by atoms with Crippen LogP contribution in [0, 0.1) is 0 Å². The minimum Gasteiger partial charge on any atom is -0.367 e. The lowest BCUT2D eigenvalue weighted by Crippen LogP contribution is -2.48. The Labute approximate surface area is 67.5 Å². The highest BCUT2D eigenvalue weighted by Gasteiger charge is 2.32. The van der Waals surface area contributed by atoms with Crippen LogP contribution in [0.1, 0.15) is 6.42 Å². The minimum atomic E-state index is 0.584. The van der Waals surface area contributed by atoms with Gasteiger partial charge in [-0.15, -0.1) is 0 Å². The van der Waals surface area contributed by atoms with Crippen molar-refractivity contribution in [3.8, 4) is 0 Å². The topological polar surface area (TPSA) is 27.3 Å². The number of nitrogens with one attached hydrogen (secondary N) is 2. The Bertz CT molecular complexity index is 178. The molecule has 0 saturated carbocycles. The van der Waals surface area contributed by atoms with Crippen molar-refractivity contribution in [3.05, 3.63) is 12.4 Å². The van der Waals surface area contributed by atoms with E-state index >= 15 is 0 Å². The predicted molar refractivity (Wildman–Crippen MR) is 45.1 cm³/mol. The Morgan fingerprint density at radius 3 is 3.00 bits per heavy atom. The maximum absolute atomic E-state index is 3.86. The van der Waals surface area contributed by atoms with Crippen molar-refractivity contribution in [2.24, 2.45) is 0 Å². The van der Waals surface area contributed by atoms with Gasteiger partial charge in [0.2, 0.25) is 0 Å². The number of fused-ring (bicyclic) bond motifs is 1. The first-order chi connectivity index (χ1) is 5.25. The molecular weight excluding hydrogens is 138 g/mol. The molecule has 2 aliphatic heterocycles. The average molecular weight is 153 g/mol. The molecule has 2 rings (SSSR count). The van der Waals surface area contributed by atoms with Crippen molar-refractivity contribution in [3.63, 3.8) is 0 Å².